The Balaban J connectivity index is 1.56. The standard InChI is InChI=1S/C11H16N6OS/c1-8-11(15-18-14-8)17-5-3-16(4-6-17)7-10-13-12-9(2)19-10/h3-7H2,1-2H3. The summed E-state index contributed by atoms with van der Waals surface area (Å²) in [5.41, 5.74) is 0.855. The maximum atomic E-state index is 4.75. The first kappa shape index (κ1) is 12.5. The summed E-state index contributed by atoms with van der Waals surface area (Å²) < 4.78 is 4.75. The molecule has 0 aromatic carbocycles. The Bertz CT molecular complexity index is 545. The van der Waals surface area contributed by atoms with Crippen molar-refractivity contribution in [1.29, 1.82) is 0 Å². The van der Waals surface area contributed by atoms with Crippen LogP contribution in [-0.4, -0.2) is 51.6 Å². The fraction of sp³-hybridized carbons (Fsp3) is 0.636. The van der Waals surface area contributed by atoms with Crippen LogP contribution in [-0.2, 0) is 6.54 Å². The summed E-state index contributed by atoms with van der Waals surface area (Å²) >= 11 is 1.67. The zero-order chi connectivity index (χ0) is 13.2. The molecular formula is C11H16N6OS. The molecule has 2 aromatic rings. The maximum Gasteiger partial charge on any atom is 0.196 e. The third-order valence-corrected chi connectivity index (χ3v) is 4.05. The molecule has 2 aromatic heterocycles. The van der Waals surface area contributed by atoms with Crippen LogP contribution in [0, 0.1) is 13.8 Å². The van der Waals surface area contributed by atoms with E-state index < -0.39 is 0 Å². The van der Waals surface area contributed by atoms with Gasteiger partial charge in [-0.05, 0) is 19.0 Å². The molecule has 1 fully saturated rings. The summed E-state index contributed by atoms with van der Waals surface area (Å²) in [4.78, 5) is 4.60. The third kappa shape index (κ3) is 2.74. The van der Waals surface area contributed by atoms with Crippen molar-refractivity contribution in [1.82, 2.24) is 25.4 Å². The first-order valence-corrected chi connectivity index (χ1v) is 7.09. The maximum absolute atomic E-state index is 4.75. The largest absolute Gasteiger partial charge is 0.350 e. The quantitative estimate of drug-likeness (QED) is 0.825. The van der Waals surface area contributed by atoms with Gasteiger partial charge in [0.25, 0.3) is 0 Å². The number of rotatable bonds is 3. The molecule has 0 bridgehead atoms. The number of aromatic nitrogens is 4. The molecule has 1 aliphatic rings. The molecule has 1 saturated heterocycles. The molecule has 0 amide bonds. The molecule has 8 heteroatoms. The predicted molar refractivity (Wildman–Crippen MR) is 71.2 cm³/mol. The van der Waals surface area contributed by atoms with Crippen molar-refractivity contribution in [3.8, 4) is 0 Å². The van der Waals surface area contributed by atoms with Crippen LogP contribution in [0.25, 0.3) is 0 Å². The second kappa shape index (κ2) is 5.22. The zero-order valence-corrected chi connectivity index (χ0v) is 11.9. The number of piperazine rings is 1. The van der Waals surface area contributed by atoms with E-state index in [-0.39, 0.29) is 0 Å². The van der Waals surface area contributed by atoms with E-state index >= 15 is 0 Å². The summed E-state index contributed by atoms with van der Waals surface area (Å²) in [5, 5.41) is 18.1. The number of hydrogen-bond acceptors (Lipinski definition) is 8. The highest BCUT2D eigenvalue weighted by Crippen LogP contribution is 2.18. The fourth-order valence-electron chi connectivity index (χ4n) is 2.22. The Morgan fingerprint density at radius 3 is 2.47 bits per heavy atom. The predicted octanol–water partition coefficient (Wildman–Crippen LogP) is 0.860. The van der Waals surface area contributed by atoms with Crippen LogP contribution in [0.5, 0.6) is 0 Å². The van der Waals surface area contributed by atoms with E-state index in [9.17, 15) is 0 Å². The highest BCUT2D eigenvalue weighted by molar-refractivity contribution is 7.11. The normalized spacial score (nSPS) is 17.1. The van der Waals surface area contributed by atoms with Crippen LogP contribution < -0.4 is 4.90 Å². The molecule has 0 radical (unpaired) electrons. The van der Waals surface area contributed by atoms with Crippen molar-refractivity contribution >= 4 is 17.2 Å². The average Bonchev–Trinajstić information content (AvgIpc) is 3.00. The van der Waals surface area contributed by atoms with E-state index in [1.54, 1.807) is 11.3 Å². The summed E-state index contributed by atoms with van der Waals surface area (Å²) in [6.07, 6.45) is 0. The van der Waals surface area contributed by atoms with E-state index in [4.69, 9.17) is 4.63 Å². The van der Waals surface area contributed by atoms with E-state index in [0.29, 0.717) is 0 Å². The van der Waals surface area contributed by atoms with Crippen LogP contribution >= 0.6 is 11.3 Å². The van der Waals surface area contributed by atoms with Gasteiger partial charge in [0.15, 0.2) is 5.82 Å². The van der Waals surface area contributed by atoms with E-state index in [1.807, 2.05) is 13.8 Å². The highest BCUT2D eigenvalue weighted by atomic mass is 32.1. The highest BCUT2D eigenvalue weighted by Gasteiger charge is 2.22. The molecule has 0 atom stereocenters. The minimum absolute atomic E-state index is 0.855. The van der Waals surface area contributed by atoms with Gasteiger partial charge in [-0.3, -0.25) is 4.90 Å². The van der Waals surface area contributed by atoms with Crippen LogP contribution in [0.1, 0.15) is 15.7 Å². The van der Waals surface area contributed by atoms with Gasteiger partial charge in [0, 0.05) is 26.2 Å². The number of hydrogen-bond donors (Lipinski definition) is 0. The van der Waals surface area contributed by atoms with Crippen molar-refractivity contribution in [2.45, 2.75) is 20.4 Å². The first-order chi connectivity index (χ1) is 9.22. The lowest BCUT2D eigenvalue weighted by atomic mass is 10.3. The van der Waals surface area contributed by atoms with Crippen molar-refractivity contribution in [2.24, 2.45) is 0 Å². The molecule has 19 heavy (non-hydrogen) atoms. The lowest BCUT2D eigenvalue weighted by Crippen LogP contribution is -2.46. The zero-order valence-electron chi connectivity index (χ0n) is 11.0. The molecule has 0 aliphatic carbocycles. The summed E-state index contributed by atoms with van der Waals surface area (Å²) in [6.45, 7) is 8.65. The molecule has 3 rings (SSSR count). The van der Waals surface area contributed by atoms with Crippen LogP contribution in [0.4, 0.5) is 5.82 Å². The third-order valence-electron chi connectivity index (χ3n) is 3.23. The fourth-order valence-corrected chi connectivity index (χ4v) is 2.98. The smallest absolute Gasteiger partial charge is 0.196 e. The average molecular weight is 280 g/mol. The minimum Gasteiger partial charge on any atom is -0.350 e. The van der Waals surface area contributed by atoms with Gasteiger partial charge in [0.05, 0.1) is 6.54 Å². The van der Waals surface area contributed by atoms with Gasteiger partial charge >= 0.3 is 0 Å². The Morgan fingerprint density at radius 1 is 1.11 bits per heavy atom. The summed E-state index contributed by atoms with van der Waals surface area (Å²) in [6, 6.07) is 0. The lowest BCUT2D eigenvalue weighted by Gasteiger charge is -2.33. The first-order valence-electron chi connectivity index (χ1n) is 6.28. The number of anilines is 1. The Kier molecular flexibility index (Phi) is 3.43. The molecule has 0 spiro atoms. The Morgan fingerprint density at radius 2 is 1.89 bits per heavy atom. The van der Waals surface area contributed by atoms with Crippen molar-refractivity contribution in [3.05, 3.63) is 15.7 Å². The van der Waals surface area contributed by atoms with Crippen molar-refractivity contribution < 1.29 is 4.63 Å². The molecule has 3 heterocycles. The van der Waals surface area contributed by atoms with E-state index in [0.717, 1.165) is 54.3 Å². The molecule has 0 unspecified atom stereocenters. The van der Waals surface area contributed by atoms with Gasteiger partial charge in [-0.15, -0.1) is 21.5 Å². The van der Waals surface area contributed by atoms with Crippen LogP contribution in [0.2, 0.25) is 0 Å². The molecule has 1 aliphatic heterocycles. The Hall–Kier alpha value is -1.54. The lowest BCUT2D eigenvalue weighted by molar-refractivity contribution is 0.246. The van der Waals surface area contributed by atoms with Gasteiger partial charge in [-0.2, -0.15) is 0 Å². The van der Waals surface area contributed by atoms with Gasteiger partial charge in [0.2, 0.25) is 0 Å². The number of aryl methyl sites for hydroxylation is 2. The van der Waals surface area contributed by atoms with Gasteiger partial charge in [-0.1, -0.05) is 5.16 Å². The van der Waals surface area contributed by atoms with Crippen molar-refractivity contribution in [2.75, 3.05) is 31.1 Å². The van der Waals surface area contributed by atoms with Crippen LogP contribution in [0.15, 0.2) is 4.63 Å². The molecular weight excluding hydrogens is 264 g/mol. The SMILES string of the molecule is Cc1nnc(CN2CCN(c3nonc3C)CC2)s1. The van der Waals surface area contributed by atoms with Gasteiger partial charge in [0.1, 0.15) is 15.7 Å². The Labute approximate surface area is 115 Å². The molecule has 102 valence electrons. The van der Waals surface area contributed by atoms with Crippen LogP contribution in [0.3, 0.4) is 0 Å². The molecule has 0 N–H and O–H groups in total. The van der Waals surface area contributed by atoms with Gasteiger partial charge < -0.3 is 4.90 Å². The second-order valence-electron chi connectivity index (χ2n) is 4.65. The topological polar surface area (TPSA) is 71.2 Å². The summed E-state index contributed by atoms with van der Waals surface area (Å²) in [7, 11) is 0. The minimum atomic E-state index is 0.855. The molecule has 7 nitrogen and oxygen atoms in total. The second-order valence-corrected chi connectivity index (χ2v) is 5.92. The van der Waals surface area contributed by atoms with E-state index in [2.05, 4.69) is 30.3 Å². The number of nitrogens with zero attached hydrogens (tertiary/aromatic N) is 6. The molecule has 0 saturated carbocycles. The monoisotopic (exact) mass is 280 g/mol. The summed E-state index contributed by atoms with van der Waals surface area (Å²) in [5.74, 6) is 0.867. The van der Waals surface area contributed by atoms with E-state index in [1.165, 1.54) is 0 Å². The van der Waals surface area contributed by atoms with Crippen molar-refractivity contribution in [3.63, 3.8) is 0 Å². The van der Waals surface area contributed by atoms with Gasteiger partial charge in [-0.25, -0.2) is 4.63 Å².